The van der Waals surface area contributed by atoms with Crippen molar-refractivity contribution in [3.05, 3.63) is 0 Å². The number of aliphatic hydroxyl groups excluding tert-OH is 1. The number of ether oxygens (including phenoxy) is 4. The lowest BCUT2D eigenvalue weighted by Gasteiger charge is -2.21. The first kappa shape index (κ1) is 97.1. The lowest BCUT2D eigenvalue weighted by atomic mass is 9.99. The van der Waals surface area contributed by atoms with Gasteiger partial charge in [0.2, 0.25) is 0 Å². The summed E-state index contributed by atoms with van der Waals surface area (Å²) in [6.45, 7) is 9.70. The van der Waals surface area contributed by atoms with Crippen molar-refractivity contribution in [1.82, 2.24) is 0 Å². The Morgan fingerprint density at radius 3 is 0.768 bits per heavy atom. The van der Waals surface area contributed by atoms with Crippen LogP contribution in [0.2, 0.25) is 0 Å². The lowest BCUT2D eigenvalue weighted by molar-refractivity contribution is -0.161. The second-order valence-electron chi connectivity index (χ2n) is 29.5. The molecule has 3 N–H and O–H groups in total. The molecule has 0 aromatic carbocycles. The van der Waals surface area contributed by atoms with Crippen LogP contribution in [-0.4, -0.2) is 96.7 Å². The van der Waals surface area contributed by atoms with Gasteiger partial charge in [0.1, 0.15) is 19.3 Å². The van der Waals surface area contributed by atoms with Crippen molar-refractivity contribution < 1.29 is 80.2 Å². The summed E-state index contributed by atoms with van der Waals surface area (Å²) >= 11 is 0. The number of rotatable bonds is 79. The summed E-state index contributed by atoms with van der Waals surface area (Å²) in [5.74, 6) is -0.490. The van der Waals surface area contributed by atoms with Crippen LogP contribution in [0.25, 0.3) is 0 Å². The molecule has 99 heavy (non-hydrogen) atoms. The van der Waals surface area contributed by atoms with Crippen LogP contribution >= 0.6 is 15.6 Å². The van der Waals surface area contributed by atoms with Crippen LogP contribution in [0.1, 0.15) is 420 Å². The van der Waals surface area contributed by atoms with Gasteiger partial charge in [-0.1, -0.05) is 369 Å². The summed E-state index contributed by atoms with van der Waals surface area (Å²) in [5, 5.41) is 10.6. The van der Waals surface area contributed by atoms with Crippen molar-refractivity contribution >= 4 is 39.5 Å². The molecule has 0 rings (SSSR count). The van der Waals surface area contributed by atoms with Crippen molar-refractivity contribution in [3.63, 3.8) is 0 Å². The summed E-state index contributed by atoms with van der Waals surface area (Å²) in [7, 11) is -9.92. The minimum atomic E-state index is -4.96. The SMILES string of the molecule is CCCCCCCCCCCCCCCCC(=O)O[C@H](COC(=O)CCCCCCCCCCCCCCC)COP(=O)(O)OC[C@H](O)COP(=O)(O)OC[C@@H](COC(=O)CCCCCCCCCCCCCC(C)C)OC(=O)CCCCCCCCCCCCCCCCC(C)CC. The molecule has 3 unspecified atom stereocenters. The molecular weight excluding hydrogens is 1290 g/mol. The molecule has 0 bridgehead atoms. The van der Waals surface area contributed by atoms with Crippen LogP contribution < -0.4 is 0 Å². The predicted octanol–water partition coefficient (Wildman–Crippen LogP) is 23.9. The van der Waals surface area contributed by atoms with Crippen molar-refractivity contribution in [2.45, 2.75) is 439 Å². The molecular formula is C80H156O17P2. The van der Waals surface area contributed by atoms with E-state index in [1.807, 2.05) is 0 Å². The van der Waals surface area contributed by atoms with Crippen molar-refractivity contribution in [1.29, 1.82) is 0 Å². The fourth-order valence-corrected chi connectivity index (χ4v) is 13.9. The molecule has 0 aromatic rings. The first-order valence-electron chi connectivity index (χ1n) is 41.5. The average molecular weight is 1450 g/mol. The zero-order chi connectivity index (χ0) is 72.8. The van der Waals surface area contributed by atoms with Crippen LogP contribution in [0.4, 0.5) is 0 Å². The molecule has 0 saturated heterocycles. The quantitative estimate of drug-likeness (QED) is 0.0222. The normalized spacial score (nSPS) is 14.2. The minimum Gasteiger partial charge on any atom is -0.462 e. The predicted molar refractivity (Wildman–Crippen MR) is 405 cm³/mol. The molecule has 17 nitrogen and oxygen atoms in total. The van der Waals surface area contributed by atoms with Crippen LogP contribution in [-0.2, 0) is 65.4 Å². The first-order chi connectivity index (χ1) is 47.9. The summed E-state index contributed by atoms with van der Waals surface area (Å²) < 4.78 is 68.7. The van der Waals surface area contributed by atoms with Gasteiger partial charge in [0, 0.05) is 25.7 Å². The van der Waals surface area contributed by atoms with Gasteiger partial charge in [0.05, 0.1) is 26.4 Å². The Kier molecular flexibility index (Phi) is 70.3. The molecule has 0 aliphatic carbocycles. The number of carbonyl (C=O) groups excluding carboxylic acids is 4. The van der Waals surface area contributed by atoms with E-state index in [0.717, 1.165) is 102 Å². The first-order valence-corrected chi connectivity index (χ1v) is 44.5. The third kappa shape index (κ3) is 72.8. The Morgan fingerprint density at radius 2 is 0.515 bits per heavy atom. The van der Waals surface area contributed by atoms with E-state index >= 15 is 0 Å². The molecule has 0 fully saturated rings. The van der Waals surface area contributed by atoms with Gasteiger partial charge >= 0.3 is 39.5 Å². The second kappa shape index (κ2) is 71.7. The molecule has 0 heterocycles. The zero-order valence-electron chi connectivity index (χ0n) is 64.8. The van der Waals surface area contributed by atoms with Gasteiger partial charge in [-0.25, -0.2) is 9.13 Å². The monoisotopic (exact) mass is 1450 g/mol. The second-order valence-corrected chi connectivity index (χ2v) is 32.4. The number of carbonyl (C=O) groups is 4. The topological polar surface area (TPSA) is 237 Å². The van der Waals surface area contributed by atoms with E-state index in [1.165, 1.54) is 238 Å². The molecule has 19 heteroatoms. The van der Waals surface area contributed by atoms with Crippen molar-refractivity contribution in [2.75, 3.05) is 39.6 Å². The highest BCUT2D eigenvalue weighted by molar-refractivity contribution is 7.47. The van der Waals surface area contributed by atoms with E-state index in [1.54, 1.807) is 0 Å². The van der Waals surface area contributed by atoms with Crippen molar-refractivity contribution in [2.24, 2.45) is 11.8 Å². The molecule has 588 valence electrons. The Balaban J connectivity index is 5.27. The number of unbranched alkanes of at least 4 members (excludes halogenated alkanes) is 48. The number of aliphatic hydroxyl groups is 1. The summed E-state index contributed by atoms with van der Waals surface area (Å²) in [6.07, 6.45) is 60.8. The molecule has 0 spiro atoms. The van der Waals surface area contributed by atoms with Gasteiger partial charge in [-0.05, 0) is 37.5 Å². The van der Waals surface area contributed by atoms with Gasteiger partial charge in [-0.3, -0.25) is 37.3 Å². The highest BCUT2D eigenvalue weighted by Gasteiger charge is 2.30. The Bertz CT molecular complexity index is 1910. The smallest absolute Gasteiger partial charge is 0.462 e. The van der Waals surface area contributed by atoms with Crippen LogP contribution in [0, 0.1) is 11.8 Å². The number of esters is 4. The standard InChI is InChI=1S/C80H156O17P2/c1-7-10-12-14-16-18-20-22-27-33-40-46-52-58-64-79(84)96-75(68-90-77(82)62-56-50-44-38-32-25-21-19-17-15-13-11-8-2)70-94-98(86,87)92-66-74(81)67-93-99(88,89)95-71-76(69-91-78(83)63-57-51-45-39-35-29-30-36-42-48-54-60-72(4)5)97-80(85)65-59-53-47-41-34-28-24-23-26-31-37-43-49-55-61-73(6)9-3/h72-76,81H,7-71H2,1-6H3,(H,86,87)(H,88,89)/t73?,74-,75+,76+/m0/s1. The minimum absolute atomic E-state index is 0.108. The lowest BCUT2D eigenvalue weighted by Crippen LogP contribution is -2.30. The van der Waals surface area contributed by atoms with E-state index in [9.17, 15) is 43.2 Å². The third-order valence-corrected chi connectivity index (χ3v) is 21.0. The summed E-state index contributed by atoms with van der Waals surface area (Å²) in [6, 6.07) is 0. The number of hydrogen-bond acceptors (Lipinski definition) is 15. The molecule has 0 aromatic heterocycles. The molecule has 6 atom stereocenters. The average Bonchev–Trinajstić information content (AvgIpc) is 1.07. The summed E-state index contributed by atoms with van der Waals surface area (Å²) in [4.78, 5) is 73.0. The number of hydrogen-bond donors (Lipinski definition) is 3. The highest BCUT2D eigenvalue weighted by Crippen LogP contribution is 2.45. The molecule has 0 aliphatic rings. The Labute approximate surface area is 607 Å². The number of phosphoric ester groups is 2. The maximum atomic E-state index is 13.1. The van der Waals surface area contributed by atoms with Gasteiger partial charge in [0.25, 0.3) is 0 Å². The number of phosphoric acid groups is 2. The van der Waals surface area contributed by atoms with E-state index < -0.39 is 97.5 Å². The highest BCUT2D eigenvalue weighted by atomic mass is 31.2. The summed E-state index contributed by atoms with van der Waals surface area (Å²) in [5.41, 5.74) is 0. The molecule has 0 radical (unpaired) electrons. The van der Waals surface area contributed by atoms with Gasteiger partial charge < -0.3 is 33.8 Å². The van der Waals surface area contributed by atoms with Crippen molar-refractivity contribution in [3.8, 4) is 0 Å². The Morgan fingerprint density at radius 1 is 0.293 bits per heavy atom. The van der Waals surface area contributed by atoms with E-state index in [0.29, 0.717) is 25.7 Å². The van der Waals surface area contributed by atoms with Crippen LogP contribution in [0.3, 0.4) is 0 Å². The van der Waals surface area contributed by atoms with E-state index in [2.05, 4.69) is 41.5 Å². The van der Waals surface area contributed by atoms with Gasteiger partial charge in [0.15, 0.2) is 12.2 Å². The van der Waals surface area contributed by atoms with Crippen LogP contribution in [0.5, 0.6) is 0 Å². The zero-order valence-corrected chi connectivity index (χ0v) is 66.6. The fourth-order valence-electron chi connectivity index (χ4n) is 12.3. The third-order valence-electron chi connectivity index (χ3n) is 19.1. The van der Waals surface area contributed by atoms with E-state index in [-0.39, 0.29) is 25.7 Å². The molecule has 0 aliphatic heterocycles. The fraction of sp³-hybridized carbons (Fsp3) is 0.950. The van der Waals surface area contributed by atoms with Gasteiger partial charge in [-0.2, -0.15) is 0 Å². The van der Waals surface area contributed by atoms with Crippen LogP contribution in [0.15, 0.2) is 0 Å². The maximum Gasteiger partial charge on any atom is 0.472 e. The van der Waals surface area contributed by atoms with Gasteiger partial charge in [-0.15, -0.1) is 0 Å². The van der Waals surface area contributed by atoms with E-state index in [4.69, 9.17) is 37.0 Å². The Hall–Kier alpha value is -1.94. The molecule has 0 saturated carbocycles. The molecule has 0 amide bonds. The largest absolute Gasteiger partial charge is 0.472 e. The maximum absolute atomic E-state index is 13.1.